The second-order valence-electron chi connectivity index (χ2n) is 4.57. The van der Waals surface area contributed by atoms with Crippen LogP contribution in [-0.2, 0) is 6.54 Å². The molecule has 1 aromatic carbocycles. The van der Waals surface area contributed by atoms with Crippen molar-refractivity contribution in [2.45, 2.75) is 19.4 Å². The molecule has 0 amide bonds. The molecule has 0 atom stereocenters. The van der Waals surface area contributed by atoms with E-state index in [2.05, 4.69) is 26.9 Å². The van der Waals surface area contributed by atoms with Crippen LogP contribution in [0.1, 0.15) is 18.4 Å². The summed E-state index contributed by atoms with van der Waals surface area (Å²) >= 11 is 3.62. The maximum absolute atomic E-state index is 5.62. The molecule has 0 bridgehead atoms. The second-order valence-corrected chi connectivity index (χ2v) is 5.42. The fraction of sp³-hybridized carbons (Fsp3) is 0.538. The van der Waals surface area contributed by atoms with Crippen molar-refractivity contribution in [1.29, 1.82) is 0 Å². The fourth-order valence-corrected chi connectivity index (χ4v) is 2.86. The van der Waals surface area contributed by atoms with Gasteiger partial charge in [0.2, 0.25) is 0 Å². The summed E-state index contributed by atoms with van der Waals surface area (Å²) in [6.07, 6.45) is 2.64. The number of ether oxygens (including phenoxy) is 2. The van der Waals surface area contributed by atoms with Crippen LogP contribution in [0.25, 0.3) is 0 Å². The normalized spacial score (nSPS) is 19.6. The lowest BCUT2D eigenvalue weighted by Gasteiger charge is -2.21. The van der Waals surface area contributed by atoms with E-state index in [1.165, 1.54) is 31.5 Å². The van der Waals surface area contributed by atoms with Crippen LogP contribution in [0.3, 0.4) is 0 Å². The van der Waals surface area contributed by atoms with Crippen molar-refractivity contribution in [3.05, 3.63) is 22.2 Å². The van der Waals surface area contributed by atoms with Gasteiger partial charge in [0.15, 0.2) is 11.5 Å². The summed E-state index contributed by atoms with van der Waals surface area (Å²) < 4.78 is 12.3. The molecule has 0 unspecified atom stereocenters. The zero-order valence-corrected chi connectivity index (χ0v) is 11.3. The summed E-state index contributed by atoms with van der Waals surface area (Å²) in [7, 11) is 0. The highest BCUT2D eigenvalue weighted by Gasteiger charge is 2.18. The highest BCUT2D eigenvalue weighted by Crippen LogP contribution is 2.36. The Morgan fingerprint density at radius 1 is 1.06 bits per heavy atom. The average molecular weight is 298 g/mol. The molecule has 0 spiro atoms. The van der Waals surface area contributed by atoms with Gasteiger partial charge in [-0.1, -0.05) is 15.9 Å². The van der Waals surface area contributed by atoms with E-state index in [-0.39, 0.29) is 0 Å². The predicted molar refractivity (Wildman–Crippen MR) is 69.6 cm³/mol. The molecular formula is C13H16BrNO2. The molecule has 0 aliphatic carbocycles. The Labute approximate surface area is 110 Å². The van der Waals surface area contributed by atoms with E-state index in [9.17, 15) is 0 Å². The van der Waals surface area contributed by atoms with Crippen LogP contribution in [-0.4, -0.2) is 31.2 Å². The zero-order valence-electron chi connectivity index (χ0n) is 9.75. The average Bonchev–Trinajstić information content (AvgIpc) is 2.83. The predicted octanol–water partition coefficient (Wildman–Crippen LogP) is 2.82. The van der Waals surface area contributed by atoms with Crippen molar-refractivity contribution >= 4 is 15.9 Å². The van der Waals surface area contributed by atoms with E-state index in [4.69, 9.17) is 9.47 Å². The molecule has 0 saturated carbocycles. The van der Waals surface area contributed by atoms with Crippen LogP contribution >= 0.6 is 15.9 Å². The van der Waals surface area contributed by atoms with E-state index in [0.717, 1.165) is 22.5 Å². The SMILES string of the molecule is Brc1cc2c(cc1CN1CCCC1)OCCO2. The molecule has 2 aliphatic rings. The number of nitrogens with zero attached hydrogens (tertiary/aromatic N) is 1. The third-order valence-corrected chi connectivity index (χ3v) is 4.04. The smallest absolute Gasteiger partial charge is 0.162 e. The number of hydrogen-bond acceptors (Lipinski definition) is 3. The first kappa shape index (κ1) is 11.4. The zero-order chi connectivity index (χ0) is 11.7. The molecule has 0 N–H and O–H groups in total. The maximum Gasteiger partial charge on any atom is 0.162 e. The van der Waals surface area contributed by atoms with Gasteiger partial charge >= 0.3 is 0 Å². The number of benzene rings is 1. The molecule has 3 nitrogen and oxygen atoms in total. The first-order valence-corrected chi connectivity index (χ1v) is 6.92. The van der Waals surface area contributed by atoms with Crippen LogP contribution in [0.15, 0.2) is 16.6 Å². The molecule has 2 heterocycles. The van der Waals surface area contributed by atoms with E-state index in [1.807, 2.05) is 6.07 Å². The lowest BCUT2D eigenvalue weighted by molar-refractivity contribution is 0.171. The highest BCUT2D eigenvalue weighted by atomic mass is 79.9. The summed E-state index contributed by atoms with van der Waals surface area (Å²) in [5, 5.41) is 0. The third kappa shape index (κ3) is 2.43. The minimum atomic E-state index is 0.644. The van der Waals surface area contributed by atoms with Crippen molar-refractivity contribution < 1.29 is 9.47 Å². The first-order chi connectivity index (χ1) is 8.33. The van der Waals surface area contributed by atoms with Crippen molar-refractivity contribution in [3.8, 4) is 11.5 Å². The highest BCUT2D eigenvalue weighted by molar-refractivity contribution is 9.10. The van der Waals surface area contributed by atoms with Gasteiger partial charge in [0.25, 0.3) is 0 Å². The molecule has 0 radical (unpaired) electrons. The van der Waals surface area contributed by atoms with E-state index >= 15 is 0 Å². The molecule has 17 heavy (non-hydrogen) atoms. The minimum absolute atomic E-state index is 0.644. The molecule has 0 aromatic heterocycles. The standard InChI is InChI=1S/C13H16BrNO2/c14-11-8-13-12(16-5-6-17-13)7-10(11)9-15-3-1-2-4-15/h7-8H,1-6,9H2. The largest absolute Gasteiger partial charge is 0.486 e. The fourth-order valence-electron chi connectivity index (χ4n) is 2.41. The van der Waals surface area contributed by atoms with Crippen LogP contribution in [0.2, 0.25) is 0 Å². The van der Waals surface area contributed by atoms with Crippen molar-refractivity contribution in [1.82, 2.24) is 4.90 Å². The lowest BCUT2D eigenvalue weighted by Crippen LogP contribution is -2.20. The van der Waals surface area contributed by atoms with E-state index < -0.39 is 0 Å². The Hall–Kier alpha value is -0.740. The molecule has 92 valence electrons. The van der Waals surface area contributed by atoms with Gasteiger partial charge in [0.05, 0.1) is 0 Å². The number of halogens is 1. The molecule has 1 aromatic rings. The van der Waals surface area contributed by atoms with Crippen molar-refractivity contribution in [2.75, 3.05) is 26.3 Å². The molecule has 1 saturated heterocycles. The Bertz CT molecular complexity index is 416. The lowest BCUT2D eigenvalue weighted by atomic mass is 10.2. The summed E-state index contributed by atoms with van der Waals surface area (Å²) in [4.78, 5) is 2.48. The van der Waals surface area contributed by atoms with Gasteiger partial charge in [-0.05, 0) is 43.6 Å². The topological polar surface area (TPSA) is 21.7 Å². The van der Waals surface area contributed by atoms with Crippen molar-refractivity contribution in [3.63, 3.8) is 0 Å². The van der Waals surface area contributed by atoms with Gasteiger partial charge < -0.3 is 9.47 Å². The van der Waals surface area contributed by atoms with Gasteiger partial charge in [-0.2, -0.15) is 0 Å². The van der Waals surface area contributed by atoms with Gasteiger partial charge in [-0.25, -0.2) is 0 Å². The molecule has 4 heteroatoms. The quantitative estimate of drug-likeness (QED) is 0.838. The molecule has 2 aliphatic heterocycles. The van der Waals surface area contributed by atoms with Crippen LogP contribution in [0.5, 0.6) is 11.5 Å². The summed E-state index contributed by atoms with van der Waals surface area (Å²) in [5.74, 6) is 1.74. The summed E-state index contributed by atoms with van der Waals surface area (Å²) in [5.41, 5.74) is 1.29. The number of fused-ring (bicyclic) bond motifs is 1. The van der Waals surface area contributed by atoms with Crippen LogP contribution < -0.4 is 9.47 Å². The number of hydrogen-bond donors (Lipinski definition) is 0. The van der Waals surface area contributed by atoms with Crippen molar-refractivity contribution in [2.24, 2.45) is 0 Å². The van der Waals surface area contributed by atoms with Gasteiger partial charge in [-0.15, -0.1) is 0 Å². The Balaban J connectivity index is 1.83. The third-order valence-electron chi connectivity index (χ3n) is 3.30. The maximum atomic E-state index is 5.62. The first-order valence-electron chi connectivity index (χ1n) is 6.13. The second kappa shape index (κ2) is 4.86. The summed E-state index contributed by atoms with van der Waals surface area (Å²) in [6.45, 7) is 4.71. The molecule has 3 rings (SSSR count). The van der Waals surface area contributed by atoms with Crippen LogP contribution in [0, 0.1) is 0 Å². The Kier molecular flexibility index (Phi) is 3.25. The Morgan fingerprint density at radius 2 is 1.71 bits per heavy atom. The van der Waals surface area contributed by atoms with Gasteiger partial charge in [0.1, 0.15) is 13.2 Å². The Morgan fingerprint density at radius 3 is 2.41 bits per heavy atom. The number of likely N-dealkylation sites (tertiary alicyclic amines) is 1. The number of rotatable bonds is 2. The van der Waals surface area contributed by atoms with E-state index in [1.54, 1.807) is 0 Å². The summed E-state index contributed by atoms with van der Waals surface area (Å²) in [6, 6.07) is 4.14. The minimum Gasteiger partial charge on any atom is -0.486 e. The molecular weight excluding hydrogens is 282 g/mol. The van der Waals surface area contributed by atoms with Gasteiger partial charge in [-0.3, -0.25) is 4.90 Å². The van der Waals surface area contributed by atoms with E-state index in [0.29, 0.717) is 13.2 Å². The van der Waals surface area contributed by atoms with Gasteiger partial charge in [0, 0.05) is 11.0 Å². The van der Waals surface area contributed by atoms with Crippen LogP contribution in [0.4, 0.5) is 0 Å². The molecule has 1 fully saturated rings. The monoisotopic (exact) mass is 297 g/mol.